The number of rotatable bonds is 2. The molecule has 1 spiro atoms. The van der Waals surface area contributed by atoms with E-state index < -0.39 is 0 Å². The molecular formula is C17H18N4O2S. The zero-order valence-corrected chi connectivity index (χ0v) is 14.0. The number of nitrogens with zero attached hydrogens (tertiary/aromatic N) is 4. The molecule has 4 fully saturated rings. The van der Waals surface area contributed by atoms with Gasteiger partial charge in [-0.3, -0.25) is 9.88 Å². The lowest BCUT2D eigenvalue weighted by molar-refractivity contribution is -0.0881. The molecule has 0 N–H and O–H groups in total. The molecule has 0 aliphatic carbocycles. The SMILES string of the molecule is O=C1OC2(CN3CCC2CC3)CN1c1nc(-c2ccncc2)cs1. The Bertz CT molecular complexity index is 772. The van der Waals surface area contributed by atoms with E-state index in [0.717, 1.165) is 48.9 Å². The quantitative estimate of drug-likeness (QED) is 0.840. The first-order valence-electron chi connectivity index (χ1n) is 8.32. The number of piperidine rings is 3. The Balaban J connectivity index is 1.42. The Labute approximate surface area is 144 Å². The predicted molar refractivity (Wildman–Crippen MR) is 91.1 cm³/mol. The highest BCUT2D eigenvalue weighted by molar-refractivity contribution is 7.14. The summed E-state index contributed by atoms with van der Waals surface area (Å²) in [5.74, 6) is 0.482. The number of ether oxygens (including phenoxy) is 1. The summed E-state index contributed by atoms with van der Waals surface area (Å²) in [4.78, 5) is 25.3. The molecule has 7 heteroatoms. The van der Waals surface area contributed by atoms with Crippen LogP contribution < -0.4 is 4.90 Å². The predicted octanol–water partition coefficient (Wildman–Crippen LogP) is 2.63. The van der Waals surface area contributed by atoms with Crippen LogP contribution in [-0.4, -0.2) is 52.7 Å². The fraction of sp³-hybridized carbons (Fsp3) is 0.471. The van der Waals surface area contributed by atoms with Crippen molar-refractivity contribution in [1.29, 1.82) is 0 Å². The monoisotopic (exact) mass is 342 g/mol. The van der Waals surface area contributed by atoms with Crippen molar-refractivity contribution in [1.82, 2.24) is 14.9 Å². The Hall–Kier alpha value is -1.99. The third-order valence-corrected chi connectivity index (χ3v) is 6.32. The molecule has 1 atom stereocenters. The maximum atomic E-state index is 12.5. The van der Waals surface area contributed by atoms with E-state index in [2.05, 4.69) is 14.9 Å². The molecule has 1 unspecified atom stereocenters. The van der Waals surface area contributed by atoms with E-state index in [-0.39, 0.29) is 11.7 Å². The van der Waals surface area contributed by atoms with Crippen molar-refractivity contribution in [2.45, 2.75) is 18.4 Å². The van der Waals surface area contributed by atoms with Crippen molar-refractivity contribution in [2.75, 3.05) is 31.1 Å². The molecule has 6 heterocycles. The molecule has 4 aliphatic rings. The summed E-state index contributed by atoms with van der Waals surface area (Å²) in [5, 5.41) is 2.71. The smallest absolute Gasteiger partial charge is 0.416 e. The number of hydrogen-bond acceptors (Lipinski definition) is 6. The fourth-order valence-corrected chi connectivity index (χ4v) is 5.03. The maximum absolute atomic E-state index is 12.5. The zero-order chi connectivity index (χ0) is 16.1. The molecule has 0 aromatic carbocycles. The highest BCUT2D eigenvalue weighted by Crippen LogP contribution is 2.43. The second-order valence-electron chi connectivity index (χ2n) is 6.82. The Morgan fingerprint density at radius 2 is 2.00 bits per heavy atom. The van der Waals surface area contributed by atoms with Gasteiger partial charge in [0.2, 0.25) is 0 Å². The van der Waals surface area contributed by atoms with Gasteiger partial charge in [-0.1, -0.05) is 0 Å². The first kappa shape index (κ1) is 14.4. The Morgan fingerprint density at radius 1 is 1.21 bits per heavy atom. The Morgan fingerprint density at radius 3 is 2.71 bits per heavy atom. The van der Waals surface area contributed by atoms with Crippen LogP contribution in [0.4, 0.5) is 9.93 Å². The summed E-state index contributed by atoms with van der Waals surface area (Å²) in [5.41, 5.74) is 1.55. The first-order valence-corrected chi connectivity index (χ1v) is 9.20. The molecule has 6 nitrogen and oxygen atoms in total. The lowest BCUT2D eigenvalue weighted by atomic mass is 9.75. The molecule has 24 heavy (non-hydrogen) atoms. The highest BCUT2D eigenvalue weighted by atomic mass is 32.1. The van der Waals surface area contributed by atoms with Crippen LogP contribution in [0.1, 0.15) is 12.8 Å². The number of aromatic nitrogens is 2. The van der Waals surface area contributed by atoms with Gasteiger partial charge < -0.3 is 4.74 Å². The summed E-state index contributed by atoms with van der Waals surface area (Å²) in [6, 6.07) is 3.85. The third kappa shape index (κ3) is 2.15. The van der Waals surface area contributed by atoms with Gasteiger partial charge in [0.25, 0.3) is 0 Å². The van der Waals surface area contributed by atoms with Crippen LogP contribution in [0.15, 0.2) is 29.9 Å². The van der Waals surface area contributed by atoms with Gasteiger partial charge in [0.05, 0.1) is 12.2 Å². The number of pyridine rings is 1. The van der Waals surface area contributed by atoms with E-state index in [1.807, 2.05) is 17.5 Å². The van der Waals surface area contributed by atoms with Crippen LogP contribution >= 0.6 is 11.3 Å². The number of carbonyl (C=O) groups excluding carboxylic acids is 1. The van der Waals surface area contributed by atoms with Crippen LogP contribution in [0.25, 0.3) is 11.3 Å². The Kier molecular flexibility index (Phi) is 3.14. The van der Waals surface area contributed by atoms with Gasteiger partial charge in [-0.2, -0.15) is 0 Å². The van der Waals surface area contributed by atoms with Crippen molar-refractivity contribution < 1.29 is 9.53 Å². The van der Waals surface area contributed by atoms with Gasteiger partial charge in [-0.05, 0) is 38.1 Å². The van der Waals surface area contributed by atoms with Gasteiger partial charge in [0.15, 0.2) is 5.13 Å². The van der Waals surface area contributed by atoms with Crippen molar-refractivity contribution in [3.63, 3.8) is 0 Å². The molecule has 2 aromatic rings. The van der Waals surface area contributed by atoms with Crippen LogP contribution in [0, 0.1) is 5.92 Å². The van der Waals surface area contributed by atoms with E-state index >= 15 is 0 Å². The topological polar surface area (TPSA) is 58.6 Å². The van der Waals surface area contributed by atoms with Crippen molar-refractivity contribution in [3.05, 3.63) is 29.9 Å². The van der Waals surface area contributed by atoms with Gasteiger partial charge in [-0.15, -0.1) is 11.3 Å². The molecule has 2 bridgehead atoms. The second kappa shape index (κ2) is 5.26. The second-order valence-corrected chi connectivity index (χ2v) is 7.66. The van der Waals surface area contributed by atoms with E-state index in [1.165, 1.54) is 11.3 Å². The zero-order valence-electron chi connectivity index (χ0n) is 13.2. The van der Waals surface area contributed by atoms with Gasteiger partial charge in [0, 0.05) is 35.8 Å². The summed E-state index contributed by atoms with van der Waals surface area (Å²) in [7, 11) is 0. The maximum Gasteiger partial charge on any atom is 0.416 e. The van der Waals surface area contributed by atoms with E-state index in [9.17, 15) is 4.79 Å². The molecule has 1 amide bonds. The lowest BCUT2D eigenvalue weighted by Crippen LogP contribution is -2.61. The average molecular weight is 342 g/mol. The third-order valence-electron chi connectivity index (χ3n) is 5.46. The normalized spacial score (nSPS) is 31.7. The van der Waals surface area contributed by atoms with Crippen LogP contribution in [0.5, 0.6) is 0 Å². The molecule has 4 aliphatic heterocycles. The molecule has 0 radical (unpaired) electrons. The van der Waals surface area contributed by atoms with E-state index in [1.54, 1.807) is 17.3 Å². The molecule has 124 valence electrons. The number of hydrogen-bond donors (Lipinski definition) is 0. The molecule has 0 saturated carbocycles. The minimum atomic E-state index is -0.337. The average Bonchev–Trinajstić information content (AvgIpc) is 3.22. The summed E-state index contributed by atoms with van der Waals surface area (Å²) < 4.78 is 5.91. The number of amides is 1. The summed E-state index contributed by atoms with van der Waals surface area (Å²) in [6.07, 6.45) is 5.50. The van der Waals surface area contributed by atoms with Crippen molar-refractivity contribution in [2.24, 2.45) is 5.92 Å². The lowest BCUT2D eigenvalue weighted by Gasteiger charge is -2.49. The number of carbonyl (C=O) groups is 1. The van der Waals surface area contributed by atoms with Crippen molar-refractivity contribution in [3.8, 4) is 11.3 Å². The molecule has 2 aromatic heterocycles. The van der Waals surface area contributed by atoms with Crippen LogP contribution in [-0.2, 0) is 4.74 Å². The van der Waals surface area contributed by atoms with Crippen LogP contribution in [0.2, 0.25) is 0 Å². The standard InChI is InChI=1S/C17H18N4O2S/c22-16-21(11-17(23-16)10-20-7-3-13(17)4-8-20)15-19-14(9-24-15)12-1-5-18-6-2-12/h1-2,5-6,9,13H,3-4,7-8,10-11H2. The van der Waals surface area contributed by atoms with E-state index in [0.29, 0.717) is 12.5 Å². The minimum Gasteiger partial charge on any atom is -0.439 e. The molecular weight excluding hydrogens is 324 g/mol. The summed E-state index contributed by atoms with van der Waals surface area (Å²) in [6.45, 7) is 3.75. The molecule has 4 saturated heterocycles. The van der Waals surface area contributed by atoms with E-state index in [4.69, 9.17) is 4.74 Å². The minimum absolute atomic E-state index is 0.251. The van der Waals surface area contributed by atoms with Gasteiger partial charge in [-0.25, -0.2) is 14.7 Å². The summed E-state index contributed by atoms with van der Waals surface area (Å²) >= 11 is 1.49. The van der Waals surface area contributed by atoms with Crippen LogP contribution in [0.3, 0.4) is 0 Å². The fourth-order valence-electron chi connectivity index (χ4n) is 4.20. The first-order chi connectivity index (χ1) is 11.7. The van der Waals surface area contributed by atoms with Gasteiger partial charge >= 0.3 is 6.09 Å². The van der Waals surface area contributed by atoms with Gasteiger partial charge in [0.1, 0.15) is 5.60 Å². The number of thiazole rings is 1. The van der Waals surface area contributed by atoms with Crippen molar-refractivity contribution >= 4 is 22.6 Å². The number of fused-ring (bicyclic) bond motifs is 2. The highest BCUT2D eigenvalue weighted by Gasteiger charge is 2.56. The molecule has 6 rings (SSSR count). The largest absolute Gasteiger partial charge is 0.439 e. The number of anilines is 1.